The second-order valence-electron chi connectivity index (χ2n) is 6.74. The van der Waals surface area contributed by atoms with E-state index in [-0.39, 0.29) is 6.61 Å². The molecule has 1 amide bonds. The van der Waals surface area contributed by atoms with Gasteiger partial charge >= 0.3 is 5.97 Å². The average molecular weight is 373 g/mol. The van der Waals surface area contributed by atoms with E-state index in [9.17, 15) is 9.59 Å². The van der Waals surface area contributed by atoms with Gasteiger partial charge in [0, 0.05) is 4.88 Å². The number of anilines is 1. The molecule has 6 heteroatoms. The van der Waals surface area contributed by atoms with Crippen molar-refractivity contribution in [3.8, 4) is 5.75 Å². The third-order valence-corrected chi connectivity index (χ3v) is 5.71. The van der Waals surface area contributed by atoms with Crippen molar-refractivity contribution in [2.75, 3.05) is 19.0 Å². The van der Waals surface area contributed by atoms with Gasteiger partial charge in [-0.1, -0.05) is 13.0 Å². The highest BCUT2D eigenvalue weighted by Gasteiger charge is 2.22. The number of esters is 1. The van der Waals surface area contributed by atoms with Gasteiger partial charge in [-0.3, -0.25) is 4.79 Å². The normalized spacial score (nSPS) is 15.9. The number of aryl methyl sites for hydroxylation is 2. The van der Waals surface area contributed by atoms with E-state index < -0.39 is 11.9 Å². The van der Waals surface area contributed by atoms with E-state index in [2.05, 4.69) is 12.2 Å². The Labute approximate surface area is 157 Å². The number of thiophene rings is 1. The van der Waals surface area contributed by atoms with Crippen LogP contribution in [0.2, 0.25) is 0 Å². The first-order valence-electron chi connectivity index (χ1n) is 8.69. The molecule has 0 saturated carbocycles. The van der Waals surface area contributed by atoms with Crippen LogP contribution in [0.5, 0.6) is 5.75 Å². The van der Waals surface area contributed by atoms with Crippen LogP contribution >= 0.6 is 11.3 Å². The summed E-state index contributed by atoms with van der Waals surface area (Å²) in [7, 11) is 1.54. The van der Waals surface area contributed by atoms with E-state index in [0.29, 0.717) is 22.2 Å². The van der Waals surface area contributed by atoms with Crippen molar-refractivity contribution in [1.82, 2.24) is 0 Å². The molecule has 1 aromatic carbocycles. The number of ether oxygens (including phenoxy) is 2. The molecular formula is C20H23NO4S. The molecule has 1 aromatic heterocycles. The highest BCUT2D eigenvalue weighted by molar-refractivity contribution is 7.14. The number of rotatable bonds is 5. The fraction of sp³-hybridized carbons (Fsp3) is 0.400. The first-order chi connectivity index (χ1) is 12.5. The molecule has 0 bridgehead atoms. The lowest BCUT2D eigenvalue weighted by molar-refractivity contribution is -0.119. The molecule has 0 spiro atoms. The number of benzene rings is 1. The highest BCUT2D eigenvalue weighted by Crippen LogP contribution is 2.32. The molecule has 1 atom stereocenters. The molecule has 3 rings (SSSR count). The van der Waals surface area contributed by atoms with Gasteiger partial charge in [-0.15, -0.1) is 11.3 Å². The molecule has 0 aliphatic heterocycles. The van der Waals surface area contributed by atoms with E-state index in [1.165, 1.54) is 21.8 Å². The third kappa shape index (κ3) is 4.25. The molecule has 0 saturated heterocycles. The minimum Gasteiger partial charge on any atom is -0.495 e. The standard InChI is InChI=1S/C20H23NO4S/c1-12-5-7-17-14(8-12)10-18(26-17)20(23)25-11-19(22)21-15-9-13(2)4-6-16(15)24-3/h4,6,9-10,12H,5,7-8,11H2,1-3H3,(H,21,22)/t12-/m1/s1. The molecule has 1 aliphatic carbocycles. The van der Waals surface area contributed by atoms with Crippen molar-refractivity contribution in [1.29, 1.82) is 0 Å². The van der Waals surface area contributed by atoms with Gasteiger partial charge in [0.15, 0.2) is 6.61 Å². The van der Waals surface area contributed by atoms with Crippen LogP contribution in [-0.4, -0.2) is 25.6 Å². The lowest BCUT2D eigenvalue weighted by Gasteiger charge is -2.16. The quantitative estimate of drug-likeness (QED) is 0.805. The first kappa shape index (κ1) is 18.5. The molecular weight excluding hydrogens is 350 g/mol. The van der Waals surface area contributed by atoms with Crippen molar-refractivity contribution in [3.05, 3.63) is 45.1 Å². The maximum absolute atomic E-state index is 12.3. The van der Waals surface area contributed by atoms with Crippen LogP contribution < -0.4 is 10.1 Å². The molecule has 1 N–H and O–H groups in total. The topological polar surface area (TPSA) is 64.6 Å². The minimum absolute atomic E-state index is 0.325. The van der Waals surface area contributed by atoms with Crippen LogP contribution in [0.4, 0.5) is 5.69 Å². The van der Waals surface area contributed by atoms with Gasteiger partial charge < -0.3 is 14.8 Å². The number of hydrogen-bond donors (Lipinski definition) is 1. The molecule has 0 radical (unpaired) electrons. The molecule has 0 unspecified atom stereocenters. The molecule has 1 aliphatic rings. The van der Waals surface area contributed by atoms with Crippen LogP contribution in [0, 0.1) is 12.8 Å². The predicted octanol–water partition coefficient (Wildman–Crippen LogP) is 3.99. The maximum Gasteiger partial charge on any atom is 0.348 e. The first-order valence-corrected chi connectivity index (χ1v) is 9.51. The second kappa shape index (κ2) is 7.91. The van der Waals surface area contributed by atoms with Crippen LogP contribution in [0.15, 0.2) is 24.3 Å². The SMILES string of the molecule is COc1ccc(C)cc1NC(=O)COC(=O)c1cc2c(s1)CC[C@@H](C)C2. The van der Waals surface area contributed by atoms with E-state index in [0.717, 1.165) is 24.8 Å². The fourth-order valence-electron chi connectivity index (χ4n) is 3.11. The average Bonchev–Trinajstić information content (AvgIpc) is 3.03. The molecule has 26 heavy (non-hydrogen) atoms. The Morgan fingerprint density at radius 3 is 2.88 bits per heavy atom. The van der Waals surface area contributed by atoms with E-state index in [4.69, 9.17) is 9.47 Å². The largest absolute Gasteiger partial charge is 0.495 e. The summed E-state index contributed by atoms with van der Waals surface area (Å²) in [5, 5.41) is 2.73. The summed E-state index contributed by atoms with van der Waals surface area (Å²) in [6.07, 6.45) is 3.18. The summed E-state index contributed by atoms with van der Waals surface area (Å²) in [4.78, 5) is 26.2. The van der Waals surface area contributed by atoms with Gasteiger partial charge in [-0.2, -0.15) is 0 Å². The van der Waals surface area contributed by atoms with Crippen LogP contribution in [0.3, 0.4) is 0 Å². The van der Waals surface area contributed by atoms with Crippen LogP contribution in [0.1, 0.15) is 39.0 Å². The monoisotopic (exact) mass is 373 g/mol. The zero-order valence-corrected chi connectivity index (χ0v) is 16.1. The van der Waals surface area contributed by atoms with Gasteiger partial charge in [0.25, 0.3) is 5.91 Å². The van der Waals surface area contributed by atoms with Crippen molar-refractivity contribution in [2.24, 2.45) is 5.92 Å². The molecule has 5 nitrogen and oxygen atoms in total. The van der Waals surface area contributed by atoms with E-state index in [1.54, 1.807) is 13.2 Å². The summed E-state index contributed by atoms with van der Waals surface area (Å²) >= 11 is 1.48. The Hall–Kier alpha value is -2.34. The number of amides is 1. The smallest absolute Gasteiger partial charge is 0.348 e. The van der Waals surface area contributed by atoms with Gasteiger partial charge in [0.1, 0.15) is 10.6 Å². The number of methoxy groups -OCH3 is 1. The molecule has 138 valence electrons. The Bertz CT molecular complexity index is 827. The molecule has 2 aromatic rings. The molecule has 1 heterocycles. The predicted molar refractivity (Wildman–Crippen MR) is 102 cm³/mol. The third-order valence-electron chi connectivity index (χ3n) is 4.49. The Balaban J connectivity index is 1.58. The van der Waals surface area contributed by atoms with Gasteiger partial charge in [-0.25, -0.2) is 4.79 Å². The van der Waals surface area contributed by atoms with Crippen molar-refractivity contribution in [2.45, 2.75) is 33.1 Å². The second-order valence-corrected chi connectivity index (χ2v) is 7.87. The van der Waals surface area contributed by atoms with Crippen molar-refractivity contribution >= 4 is 28.9 Å². The van der Waals surface area contributed by atoms with Gasteiger partial charge in [0.05, 0.1) is 12.8 Å². The Kier molecular flexibility index (Phi) is 5.61. The molecule has 0 fully saturated rings. The van der Waals surface area contributed by atoms with Crippen LogP contribution in [0.25, 0.3) is 0 Å². The van der Waals surface area contributed by atoms with E-state index >= 15 is 0 Å². The summed E-state index contributed by atoms with van der Waals surface area (Å²) < 4.78 is 10.4. The lowest BCUT2D eigenvalue weighted by atomic mass is 9.90. The van der Waals surface area contributed by atoms with Crippen molar-refractivity contribution in [3.63, 3.8) is 0 Å². The van der Waals surface area contributed by atoms with Crippen molar-refractivity contribution < 1.29 is 19.1 Å². The maximum atomic E-state index is 12.3. The number of carbonyl (C=O) groups is 2. The number of hydrogen-bond acceptors (Lipinski definition) is 5. The minimum atomic E-state index is -0.441. The summed E-state index contributed by atoms with van der Waals surface area (Å²) in [5.41, 5.74) is 2.81. The summed E-state index contributed by atoms with van der Waals surface area (Å²) in [5.74, 6) is 0.381. The zero-order valence-electron chi connectivity index (χ0n) is 15.3. The van der Waals surface area contributed by atoms with Crippen LogP contribution in [-0.2, 0) is 22.4 Å². The number of nitrogens with one attached hydrogen (secondary N) is 1. The van der Waals surface area contributed by atoms with Gasteiger partial charge in [-0.05, 0) is 61.4 Å². The lowest BCUT2D eigenvalue weighted by Crippen LogP contribution is -2.21. The van der Waals surface area contributed by atoms with E-state index in [1.807, 2.05) is 25.1 Å². The number of carbonyl (C=O) groups excluding carboxylic acids is 2. The van der Waals surface area contributed by atoms with Gasteiger partial charge in [0.2, 0.25) is 0 Å². The fourth-order valence-corrected chi connectivity index (χ4v) is 4.22. The Morgan fingerprint density at radius 1 is 1.31 bits per heavy atom. The zero-order chi connectivity index (χ0) is 18.7. The number of fused-ring (bicyclic) bond motifs is 1. The Morgan fingerprint density at radius 2 is 2.12 bits per heavy atom. The summed E-state index contributed by atoms with van der Waals surface area (Å²) in [6.45, 7) is 3.83. The highest BCUT2D eigenvalue weighted by atomic mass is 32.1. The summed E-state index contributed by atoms with van der Waals surface area (Å²) in [6, 6.07) is 7.41.